The summed E-state index contributed by atoms with van der Waals surface area (Å²) in [6.07, 6.45) is -0.397. The highest BCUT2D eigenvalue weighted by Crippen LogP contribution is 2.26. The third kappa shape index (κ3) is 5.79. The van der Waals surface area contributed by atoms with E-state index in [0.717, 1.165) is 11.1 Å². The highest BCUT2D eigenvalue weighted by molar-refractivity contribution is 7.91. The van der Waals surface area contributed by atoms with Crippen LogP contribution in [0.25, 0.3) is 0 Å². The Morgan fingerprint density at radius 1 is 1.00 bits per heavy atom. The van der Waals surface area contributed by atoms with Crippen LogP contribution in [-0.4, -0.2) is 32.5 Å². The van der Waals surface area contributed by atoms with E-state index in [4.69, 9.17) is 27.9 Å². The number of sulfone groups is 1. The van der Waals surface area contributed by atoms with Crippen LogP contribution in [0.15, 0.2) is 41.3 Å². The maximum absolute atomic E-state index is 12.3. The van der Waals surface area contributed by atoms with E-state index in [1.165, 1.54) is 18.2 Å². The number of esters is 1. The molecule has 0 aromatic heterocycles. The van der Waals surface area contributed by atoms with E-state index < -0.39 is 34.6 Å². The van der Waals surface area contributed by atoms with Gasteiger partial charge in [0.05, 0.1) is 22.1 Å². The molecule has 0 saturated heterocycles. The number of hydrogen-bond donors (Lipinski definition) is 0. The fourth-order valence-corrected chi connectivity index (χ4v) is 4.29. The summed E-state index contributed by atoms with van der Waals surface area (Å²) in [7, 11) is -3.81. The first-order chi connectivity index (χ1) is 12.6. The minimum absolute atomic E-state index is 0.0256. The molecule has 27 heavy (non-hydrogen) atoms. The number of rotatable bonds is 7. The maximum atomic E-state index is 12.3. The number of carbonyl (C=O) groups excluding carboxylic acids is 2. The van der Waals surface area contributed by atoms with Crippen LogP contribution in [0, 0.1) is 13.8 Å². The molecule has 5 nitrogen and oxygen atoms in total. The summed E-state index contributed by atoms with van der Waals surface area (Å²) in [5.74, 6) is -1.63. The quantitative estimate of drug-likeness (QED) is 0.487. The Labute approximate surface area is 168 Å². The number of ketones is 1. The minimum atomic E-state index is -3.81. The molecular weight excluding hydrogens is 411 g/mol. The Hall–Kier alpha value is -1.89. The molecule has 0 saturated carbocycles. The van der Waals surface area contributed by atoms with Gasteiger partial charge in [0.2, 0.25) is 0 Å². The summed E-state index contributed by atoms with van der Waals surface area (Å²) < 4.78 is 29.5. The first-order valence-corrected chi connectivity index (χ1v) is 10.4. The molecule has 0 aliphatic heterocycles. The monoisotopic (exact) mass is 428 g/mol. The molecule has 0 atom stereocenters. The van der Waals surface area contributed by atoms with Gasteiger partial charge in [0.15, 0.2) is 22.2 Å². The summed E-state index contributed by atoms with van der Waals surface area (Å²) in [5.41, 5.74) is 2.44. The zero-order chi connectivity index (χ0) is 20.2. The fraction of sp³-hybridized carbons (Fsp3) is 0.263. The molecule has 0 fully saturated rings. The van der Waals surface area contributed by atoms with Crippen LogP contribution < -0.4 is 0 Å². The standard InChI is InChI=1S/C19H18Cl2O5S/c1-12-3-4-14(9-13(12)2)17(22)11-26-19(23)7-8-27(24,25)18-10-15(20)5-6-16(18)21/h3-6,9-10H,7-8,11H2,1-2H3. The molecule has 0 bridgehead atoms. The number of Topliss-reactive ketones (excluding diaryl/α,β-unsaturated/α-hetero) is 1. The molecule has 0 unspecified atom stereocenters. The van der Waals surface area contributed by atoms with E-state index in [1.54, 1.807) is 12.1 Å². The number of halogens is 2. The van der Waals surface area contributed by atoms with Crippen molar-refractivity contribution < 1.29 is 22.7 Å². The van der Waals surface area contributed by atoms with Crippen LogP contribution in [0.3, 0.4) is 0 Å². The third-order valence-corrected chi connectivity index (χ3v) is 6.42. The zero-order valence-electron chi connectivity index (χ0n) is 14.8. The summed E-state index contributed by atoms with van der Waals surface area (Å²) >= 11 is 11.7. The van der Waals surface area contributed by atoms with E-state index >= 15 is 0 Å². The SMILES string of the molecule is Cc1ccc(C(=O)COC(=O)CCS(=O)(=O)c2cc(Cl)ccc2Cl)cc1C. The molecule has 2 aromatic rings. The Morgan fingerprint density at radius 2 is 1.70 bits per heavy atom. The molecule has 144 valence electrons. The molecular formula is C19H18Cl2O5S. The van der Waals surface area contributed by atoms with Crippen LogP contribution in [0.2, 0.25) is 10.0 Å². The van der Waals surface area contributed by atoms with Gasteiger partial charge >= 0.3 is 5.97 Å². The van der Waals surface area contributed by atoms with Gasteiger partial charge in [0.25, 0.3) is 0 Å². The Balaban J connectivity index is 1.93. The normalized spacial score (nSPS) is 11.3. The number of benzene rings is 2. The summed E-state index contributed by atoms with van der Waals surface area (Å²) in [6.45, 7) is 3.36. The van der Waals surface area contributed by atoms with Crippen molar-refractivity contribution in [2.75, 3.05) is 12.4 Å². The van der Waals surface area contributed by atoms with E-state index in [2.05, 4.69) is 0 Å². The van der Waals surface area contributed by atoms with Crippen LogP contribution in [0.4, 0.5) is 0 Å². The van der Waals surface area contributed by atoms with Crippen molar-refractivity contribution in [1.82, 2.24) is 0 Å². The lowest BCUT2D eigenvalue weighted by molar-refractivity contribution is -0.142. The number of hydrogen-bond acceptors (Lipinski definition) is 5. The summed E-state index contributed by atoms with van der Waals surface area (Å²) in [4.78, 5) is 23.8. The zero-order valence-corrected chi connectivity index (χ0v) is 17.1. The largest absolute Gasteiger partial charge is 0.457 e. The smallest absolute Gasteiger partial charge is 0.307 e. The van der Waals surface area contributed by atoms with Crippen LogP contribution >= 0.6 is 23.2 Å². The van der Waals surface area contributed by atoms with Crippen LogP contribution in [-0.2, 0) is 19.4 Å². The van der Waals surface area contributed by atoms with Gasteiger partial charge in [-0.1, -0.05) is 35.3 Å². The van der Waals surface area contributed by atoms with Gasteiger partial charge < -0.3 is 4.74 Å². The first kappa shape index (κ1) is 21.4. The first-order valence-electron chi connectivity index (χ1n) is 8.04. The molecule has 2 rings (SSSR count). The second kappa shape index (κ2) is 8.87. The van der Waals surface area contributed by atoms with Gasteiger partial charge in [0.1, 0.15) is 0 Å². The fourth-order valence-electron chi connectivity index (χ4n) is 2.26. The average Bonchev–Trinajstić information content (AvgIpc) is 2.62. The molecule has 8 heteroatoms. The van der Waals surface area contributed by atoms with Crippen molar-refractivity contribution >= 4 is 44.8 Å². The summed E-state index contributed by atoms with van der Waals surface area (Å²) in [6, 6.07) is 9.26. The highest BCUT2D eigenvalue weighted by atomic mass is 35.5. The van der Waals surface area contributed by atoms with E-state index in [9.17, 15) is 18.0 Å². The van der Waals surface area contributed by atoms with E-state index in [-0.39, 0.29) is 20.7 Å². The van der Waals surface area contributed by atoms with E-state index in [0.29, 0.717) is 5.56 Å². The number of ether oxygens (including phenoxy) is 1. The molecule has 0 radical (unpaired) electrons. The van der Waals surface area contributed by atoms with Gasteiger partial charge in [-0.05, 0) is 49.2 Å². The minimum Gasteiger partial charge on any atom is -0.457 e. The molecule has 0 amide bonds. The van der Waals surface area contributed by atoms with Gasteiger partial charge in [0, 0.05) is 10.6 Å². The lowest BCUT2D eigenvalue weighted by Gasteiger charge is -2.08. The van der Waals surface area contributed by atoms with Gasteiger partial charge in [-0.25, -0.2) is 8.42 Å². The molecule has 0 spiro atoms. The predicted octanol–water partition coefficient (Wildman–Crippen LogP) is 4.20. The van der Waals surface area contributed by atoms with Crippen molar-refractivity contribution in [3.05, 3.63) is 63.1 Å². The van der Waals surface area contributed by atoms with Crippen molar-refractivity contribution in [2.24, 2.45) is 0 Å². The Bertz CT molecular complexity index is 984. The molecule has 0 N–H and O–H groups in total. The Morgan fingerprint density at radius 3 is 2.37 bits per heavy atom. The van der Waals surface area contributed by atoms with Crippen molar-refractivity contribution in [3.63, 3.8) is 0 Å². The molecule has 0 aliphatic carbocycles. The number of carbonyl (C=O) groups is 2. The molecule has 0 heterocycles. The predicted molar refractivity (Wildman–Crippen MR) is 104 cm³/mol. The maximum Gasteiger partial charge on any atom is 0.307 e. The second-order valence-corrected chi connectivity index (χ2v) is 8.95. The topological polar surface area (TPSA) is 77.5 Å². The Kier molecular flexibility index (Phi) is 7.03. The van der Waals surface area contributed by atoms with Crippen LogP contribution in [0.1, 0.15) is 27.9 Å². The number of aryl methyl sites for hydroxylation is 2. The summed E-state index contributed by atoms with van der Waals surface area (Å²) in [5, 5.41) is 0.247. The van der Waals surface area contributed by atoms with Crippen molar-refractivity contribution in [1.29, 1.82) is 0 Å². The van der Waals surface area contributed by atoms with Crippen LogP contribution in [0.5, 0.6) is 0 Å². The van der Waals surface area contributed by atoms with Gasteiger partial charge in [-0.2, -0.15) is 0 Å². The van der Waals surface area contributed by atoms with Gasteiger partial charge in [-0.15, -0.1) is 0 Å². The highest BCUT2D eigenvalue weighted by Gasteiger charge is 2.21. The van der Waals surface area contributed by atoms with Crippen molar-refractivity contribution in [2.45, 2.75) is 25.2 Å². The lowest BCUT2D eigenvalue weighted by Crippen LogP contribution is -2.18. The van der Waals surface area contributed by atoms with E-state index in [1.807, 2.05) is 19.9 Å². The van der Waals surface area contributed by atoms with Gasteiger partial charge in [-0.3, -0.25) is 9.59 Å². The lowest BCUT2D eigenvalue weighted by atomic mass is 10.0. The second-order valence-electron chi connectivity index (χ2n) is 6.03. The third-order valence-electron chi connectivity index (χ3n) is 4.00. The molecule has 0 aliphatic rings. The average molecular weight is 429 g/mol. The molecule has 2 aromatic carbocycles. The van der Waals surface area contributed by atoms with Crippen molar-refractivity contribution in [3.8, 4) is 0 Å².